The van der Waals surface area contributed by atoms with E-state index < -0.39 is 5.92 Å². The third kappa shape index (κ3) is 3.69. The van der Waals surface area contributed by atoms with Crippen LogP contribution in [0.15, 0.2) is 47.8 Å². The van der Waals surface area contributed by atoms with Gasteiger partial charge in [0.2, 0.25) is 5.91 Å². The molecule has 2 rings (SSSR count). The molecule has 0 aliphatic rings. The minimum Gasteiger partial charge on any atom is -0.352 e. The molecule has 1 heterocycles. The Balaban J connectivity index is 1.98. The third-order valence-electron chi connectivity index (χ3n) is 3.00. The second-order valence-corrected chi connectivity index (χ2v) is 5.70. The summed E-state index contributed by atoms with van der Waals surface area (Å²) in [7, 11) is 0. The zero-order valence-electron chi connectivity index (χ0n) is 11.2. The van der Waals surface area contributed by atoms with Crippen LogP contribution in [0.4, 0.5) is 0 Å². The van der Waals surface area contributed by atoms with E-state index in [0.29, 0.717) is 0 Å². The van der Waals surface area contributed by atoms with Crippen molar-refractivity contribution in [3.63, 3.8) is 0 Å². The number of thiophene rings is 1. The van der Waals surface area contributed by atoms with Crippen LogP contribution in [0.1, 0.15) is 23.3 Å². The summed E-state index contributed by atoms with van der Waals surface area (Å²) in [5.41, 5.74) is 0.732. The van der Waals surface area contributed by atoms with Crippen molar-refractivity contribution in [3.05, 3.63) is 58.3 Å². The summed E-state index contributed by atoms with van der Waals surface area (Å²) < 4.78 is 0. The van der Waals surface area contributed by atoms with Crippen molar-refractivity contribution in [2.24, 2.45) is 0 Å². The quantitative estimate of drug-likeness (QED) is 0.917. The van der Waals surface area contributed by atoms with Crippen molar-refractivity contribution in [2.45, 2.75) is 25.3 Å². The van der Waals surface area contributed by atoms with Gasteiger partial charge in [-0.2, -0.15) is 5.26 Å². The van der Waals surface area contributed by atoms with Gasteiger partial charge in [0.15, 0.2) is 0 Å². The van der Waals surface area contributed by atoms with Gasteiger partial charge in [-0.1, -0.05) is 36.4 Å². The Morgan fingerprint density at radius 1 is 1.30 bits per heavy atom. The Kier molecular flexibility index (Phi) is 4.91. The first-order valence-corrected chi connectivity index (χ1v) is 7.36. The maximum absolute atomic E-state index is 12.2. The van der Waals surface area contributed by atoms with Gasteiger partial charge in [0.05, 0.1) is 6.07 Å². The summed E-state index contributed by atoms with van der Waals surface area (Å²) in [4.78, 5) is 13.4. The van der Waals surface area contributed by atoms with Crippen LogP contribution in [0.3, 0.4) is 0 Å². The first-order chi connectivity index (χ1) is 9.70. The van der Waals surface area contributed by atoms with E-state index in [2.05, 4.69) is 11.4 Å². The minimum absolute atomic E-state index is 0.0145. The molecule has 0 aliphatic carbocycles. The molecular weight excluding hydrogens is 268 g/mol. The maximum Gasteiger partial charge on any atom is 0.242 e. The summed E-state index contributed by atoms with van der Waals surface area (Å²) in [6.45, 7) is 1.96. The van der Waals surface area contributed by atoms with Crippen LogP contribution in [0.2, 0.25) is 0 Å². The standard InChI is InChI=1S/C16H16N2OS/c1-12(10-14-8-5-9-20-14)18-16(19)15(11-17)13-6-3-2-4-7-13/h2-9,12,15H,10H2,1H3,(H,18,19). The highest BCUT2D eigenvalue weighted by molar-refractivity contribution is 7.09. The molecule has 3 nitrogen and oxygen atoms in total. The average Bonchev–Trinajstić information content (AvgIpc) is 2.93. The van der Waals surface area contributed by atoms with E-state index in [1.54, 1.807) is 23.5 Å². The fourth-order valence-electron chi connectivity index (χ4n) is 2.04. The fourth-order valence-corrected chi connectivity index (χ4v) is 2.87. The van der Waals surface area contributed by atoms with Gasteiger partial charge in [0.1, 0.15) is 5.92 Å². The number of rotatable bonds is 5. The number of hydrogen-bond acceptors (Lipinski definition) is 3. The lowest BCUT2D eigenvalue weighted by Gasteiger charge is -2.16. The van der Waals surface area contributed by atoms with E-state index in [9.17, 15) is 10.1 Å². The van der Waals surface area contributed by atoms with E-state index in [1.165, 1.54) is 4.88 Å². The number of nitrogens with zero attached hydrogens (tertiary/aromatic N) is 1. The minimum atomic E-state index is -0.748. The van der Waals surface area contributed by atoms with Crippen LogP contribution in [0.5, 0.6) is 0 Å². The molecule has 1 aromatic heterocycles. The number of carbonyl (C=O) groups excluding carboxylic acids is 1. The summed E-state index contributed by atoms with van der Waals surface area (Å²) in [6, 6.07) is 15.3. The maximum atomic E-state index is 12.2. The Labute approximate surface area is 122 Å². The highest BCUT2D eigenvalue weighted by atomic mass is 32.1. The van der Waals surface area contributed by atoms with Gasteiger partial charge >= 0.3 is 0 Å². The molecule has 2 aromatic rings. The third-order valence-corrected chi connectivity index (χ3v) is 3.90. The molecule has 0 saturated carbocycles. The van der Waals surface area contributed by atoms with Gasteiger partial charge in [0.25, 0.3) is 0 Å². The second kappa shape index (κ2) is 6.88. The summed E-state index contributed by atoms with van der Waals surface area (Å²) >= 11 is 1.67. The van der Waals surface area contributed by atoms with Crippen LogP contribution >= 0.6 is 11.3 Å². The lowest BCUT2D eigenvalue weighted by molar-refractivity contribution is -0.122. The van der Waals surface area contributed by atoms with Crippen LogP contribution in [0, 0.1) is 11.3 Å². The molecule has 2 unspecified atom stereocenters. The Morgan fingerprint density at radius 3 is 2.65 bits per heavy atom. The van der Waals surface area contributed by atoms with Crippen LogP contribution < -0.4 is 5.32 Å². The Hall–Kier alpha value is -2.12. The first kappa shape index (κ1) is 14.3. The van der Waals surface area contributed by atoms with Gasteiger partial charge in [-0.05, 0) is 23.9 Å². The first-order valence-electron chi connectivity index (χ1n) is 6.48. The monoisotopic (exact) mass is 284 g/mol. The highest BCUT2D eigenvalue weighted by Crippen LogP contribution is 2.16. The molecule has 1 amide bonds. The van der Waals surface area contributed by atoms with Gasteiger partial charge < -0.3 is 5.32 Å². The molecule has 0 fully saturated rings. The van der Waals surface area contributed by atoms with Crippen LogP contribution in [-0.4, -0.2) is 11.9 Å². The fraction of sp³-hybridized carbons (Fsp3) is 0.250. The van der Waals surface area contributed by atoms with Crippen molar-refractivity contribution in [1.29, 1.82) is 5.26 Å². The number of nitriles is 1. The Morgan fingerprint density at radius 2 is 2.05 bits per heavy atom. The van der Waals surface area contributed by atoms with E-state index in [-0.39, 0.29) is 11.9 Å². The normalized spacial score (nSPS) is 13.2. The van der Waals surface area contributed by atoms with Gasteiger partial charge in [-0.25, -0.2) is 0 Å². The number of benzene rings is 1. The smallest absolute Gasteiger partial charge is 0.242 e. The highest BCUT2D eigenvalue weighted by Gasteiger charge is 2.21. The van der Waals surface area contributed by atoms with Gasteiger partial charge in [-0.3, -0.25) is 4.79 Å². The number of nitrogens with one attached hydrogen (secondary N) is 1. The predicted octanol–water partition coefficient (Wildman–Crippen LogP) is 3.10. The molecule has 0 spiro atoms. The van der Waals surface area contributed by atoms with Gasteiger partial charge in [-0.15, -0.1) is 11.3 Å². The number of amides is 1. The van der Waals surface area contributed by atoms with E-state index in [0.717, 1.165) is 12.0 Å². The number of hydrogen-bond donors (Lipinski definition) is 1. The molecule has 1 N–H and O–H groups in total. The zero-order valence-corrected chi connectivity index (χ0v) is 12.1. The summed E-state index contributed by atoms with van der Waals surface area (Å²) in [5, 5.41) is 14.1. The summed E-state index contributed by atoms with van der Waals surface area (Å²) in [5.74, 6) is -0.982. The summed E-state index contributed by atoms with van der Waals surface area (Å²) in [6.07, 6.45) is 0.788. The largest absolute Gasteiger partial charge is 0.352 e. The van der Waals surface area contributed by atoms with E-state index in [4.69, 9.17) is 0 Å². The van der Waals surface area contributed by atoms with Crippen LogP contribution in [0.25, 0.3) is 0 Å². The lowest BCUT2D eigenvalue weighted by Crippen LogP contribution is -2.37. The molecule has 0 aliphatic heterocycles. The molecule has 1 aromatic carbocycles. The average molecular weight is 284 g/mol. The molecule has 0 saturated heterocycles. The molecular formula is C16H16N2OS. The topological polar surface area (TPSA) is 52.9 Å². The van der Waals surface area contributed by atoms with Crippen molar-refractivity contribution >= 4 is 17.2 Å². The second-order valence-electron chi connectivity index (χ2n) is 4.67. The molecule has 20 heavy (non-hydrogen) atoms. The number of carbonyl (C=O) groups is 1. The van der Waals surface area contributed by atoms with Crippen molar-refractivity contribution in [2.75, 3.05) is 0 Å². The Bertz CT molecular complexity index is 587. The molecule has 0 bridgehead atoms. The molecule has 4 heteroatoms. The van der Waals surface area contributed by atoms with Crippen LogP contribution in [-0.2, 0) is 11.2 Å². The molecule has 102 valence electrons. The zero-order chi connectivity index (χ0) is 14.4. The van der Waals surface area contributed by atoms with E-state index >= 15 is 0 Å². The van der Waals surface area contributed by atoms with E-state index in [1.807, 2.05) is 42.6 Å². The van der Waals surface area contributed by atoms with Crippen molar-refractivity contribution in [3.8, 4) is 6.07 Å². The van der Waals surface area contributed by atoms with Gasteiger partial charge in [0, 0.05) is 17.3 Å². The SMILES string of the molecule is CC(Cc1cccs1)NC(=O)C(C#N)c1ccccc1. The van der Waals surface area contributed by atoms with Crippen molar-refractivity contribution in [1.82, 2.24) is 5.32 Å². The lowest BCUT2D eigenvalue weighted by atomic mass is 9.99. The predicted molar refractivity (Wildman–Crippen MR) is 80.4 cm³/mol. The van der Waals surface area contributed by atoms with Crippen molar-refractivity contribution < 1.29 is 4.79 Å². The molecule has 0 radical (unpaired) electrons. The molecule has 2 atom stereocenters.